The quantitative estimate of drug-likeness (QED) is 0.571. The summed E-state index contributed by atoms with van der Waals surface area (Å²) in [5.41, 5.74) is 1.88. The van der Waals surface area contributed by atoms with Gasteiger partial charge in [0.05, 0.1) is 23.6 Å². The first-order valence-corrected chi connectivity index (χ1v) is 10.1. The summed E-state index contributed by atoms with van der Waals surface area (Å²) in [6.07, 6.45) is 0.790. The van der Waals surface area contributed by atoms with Gasteiger partial charge in [0.25, 0.3) is 5.91 Å². The number of aromatic amines is 1. The van der Waals surface area contributed by atoms with Crippen molar-refractivity contribution in [3.8, 4) is 0 Å². The molecule has 3 aromatic rings. The average molecular weight is 383 g/mol. The van der Waals surface area contributed by atoms with Crippen LogP contribution in [0.25, 0.3) is 11.0 Å². The first kappa shape index (κ1) is 20.1. The Balaban J connectivity index is 1.75. The van der Waals surface area contributed by atoms with Crippen molar-refractivity contribution < 1.29 is 9.21 Å². The molecule has 6 nitrogen and oxygen atoms in total. The lowest BCUT2D eigenvalue weighted by Gasteiger charge is -2.18. The number of aromatic nitrogens is 2. The normalized spacial score (nSPS) is 12.8. The molecule has 1 unspecified atom stereocenters. The Morgan fingerprint density at radius 2 is 1.93 bits per heavy atom. The van der Waals surface area contributed by atoms with Crippen LogP contribution < -0.4 is 5.32 Å². The zero-order valence-corrected chi connectivity index (χ0v) is 17.2. The van der Waals surface area contributed by atoms with Crippen LogP contribution in [0.4, 0.5) is 0 Å². The molecule has 0 aliphatic carbocycles. The van der Waals surface area contributed by atoms with E-state index in [-0.39, 0.29) is 11.9 Å². The SMILES string of the molecule is CCN(CC)Cc1ccc(C(=O)NC(CC(C)C)c2nc3ccccc3[nH]2)o1. The molecule has 150 valence electrons. The second kappa shape index (κ2) is 9.06. The third-order valence-electron chi connectivity index (χ3n) is 4.91. The molecule has 0 aliphatic heterocycles. The van der Waals surface area contributed by atoms with Gasteiger partial charge >= 0.3 is 0 Å². The molecule has 2 heterocycles. The minimum atomic E-state index is -0.211. The van der Waals surface area contributed by atoms with Crippen LogP contribution in [-0.2, 0) is 6.54 Å². The predicted octanol–water partition coefficient (Wildman–Crippen LogP) is 4.51. The second-order valence-electron chi connectivity index (χ2n) is 7.52. The summed E-state index contributed by atoms with van der Waals surface area (Å²) in [5, 5.41) is 3.10. The number of carbonyl (C=O) groups excluding carboxylic acids is 1. The molecule has 2 aromatic heterocycles. The Labute approximate surface area is 166 Å². The van der Waals surface area contributed by atoms with Gasteiger partial charge in [-0.25, -0.2) is 4.98 Å². The number of rotatable bonds is 9. The Morgan fingerprint density at radius 1 is 1.18 bits per heavy atom. The molecule has 0 fully saturated rings. The summed E-state index contributed by atoms with van der Waals surface area (Å²) in [6, 6.07) is 11.3. The van der Waals surface area contributed by atoms with E-state index in [9.17, 15) is 4.79 Å². The van der Waals surface area contributed by atoms with Gasteiger partial charge in [-0.15, -0.1) is 0 Å². The molecule has 3 rings (SSSR count). The molecule has 0 aliphatic rings. The summed E-state index contributed by atoms with van der Waals surface area (Å²) in [7, 11) is 0. The molecule has 1 amide bonds. The number of nitrogens with zero attached hydrogens (tertiary/aromatic N) is 2. The van der Waals surface area contributed by atoms with Crippen LogP contribution in [0.3, 0.4) is 0 Å². The lowest BCUT2D eigenvalue weighted by Crippen LogP contribution is -2.30. The van der Waals surface area contributed by atoms with Crippen LogP contribution in [0, 0.1) is 5.92 Å². The van der Waals surface area contributed by atoms with Gasteiger partial charge in [-0.2, -0.15) is 0 Å². The van der Waals surface area contributed by atoms with Crippen LogP contribution in [0.2, 0.25) is 0 Å². The fraction of sp³-hybridized carbons (Fsp3) is 0.455. The van der Waals surface area contributed by atoms with E-state index in [2.05, 4.69) is 47.9 Å². The zero-order chi connectivity index (χ0) is 20.1. The molecule has 1 atom stereocenters. The number of imidazole rings is 1. The van der Waals surface area contributed by atoms with Gasteiger partial charge in [-0.05, 0) is 49.7 Å². The second-order valence-corrected chi connectivity index (χ2v) is 7.52. The zero-order valence-electron chi connectivity index (χ0n) is 17.2. The van der Waals surface area contributed by atoms with Gasteiger partial charge in [0.2, 0.25) is 0 Å². The number of H-pyrrole nitrogens is 1. The van der Waals surface area contributed by atoms with Crippen molar-refractivity contribution in [1.82, 2.24) is 20.2 Å². The summed E-state index contributed by atoms with van der Waals surface area (Å²) in [5.74, 6) is 2.12. The number of hydrogen-bond donors (Lipinski definition) is 2. The number of carbonyl (C=O) groups is 1. The van der Waals surface area contributed by atoms with Crippen molar-refractivity contribution >= 4 is 16.9 Å². The Bertz CT molecular complexity index is 875. The Hall–Kier alpha value is -2.60. The summed E-state index contributed by atoms with van der Waals surface area (Å²) < 4.78 is 5.80. The fourth-order valence-electron chi connectivity index (χ4n) is 3.33. The largest absolute Gasteiger partial charge is 0.455 e. The van der Waals surface area contributed by atoms with Crippen molar-refractivity contribution in [3.05, 3.63) is 53.7 Å². The third kappa shape index (κ3) is 4.81. The number of nitrogens with one attached hydrogen (secondary N) is 2. The van der Waals surface area contributed by atoms with Crippen LogP contribution in [0.5, 0.6) is 0 Å². The van der Waals surface area contributed by atoms with Gasteiger partial charge in [0, 0.05) is 0 Å². The maximum atomic E-state index is 12.8. The van der Waals surface area contributed by atoms with E-state index in [0.29, 0.717) is 18.2 Å². The fourth-order valence-corrected chi connectivity index (χ4v) is 3.33. The molecule has 0 saturated carbocycles. The monoisotopic (exact) mass is 382 g/mol. The minimum absolute atomic E-state index is 0.198. The van der Waals surface area contributed by atoms with Gasteiger partial charge < -0.3 is 14.7 Å². The number of amides is 1. The first-order chi connectivity index (χ1) is 13.5. The van der Waals surface area contributed by atoms with Crippen molar-refractivity contribution in [3.63, 3.8) is 0 Å². The molecular formula is C22H30N4O2. The summed E-state index contributed by atoms with van der Waals surface area (Å²) in [6.45, 7) is 11.1. The van der Waals surface area contributed by atoms with E-state index < -0.39 is 0 Å². The molecule has 6 heteroatoms. The van der Waals surface area contributed by atoms with E-state index in [1.165, 1.54) is 0 Å². The van der Waals surface area contributed by atoms with E-state index >= 15 is 0 Å². The van der Waals surface area contributed by atoms with Crippen LogP contribution >= 0.6 is 0 Å². The van der Waals surface area contributed by atoms with Crippen molar-refractivity contribution in [2.24, 2.45) is 5.92 Å². The molecule has 2 N–H and O–H groups in total. The smallest absolute Gasteiger partial charge is 0.287 e. The number of para-hydroxylation sites is 2. The molecule has 28 heavy (non-hydrogen) atoms. The summed E-state index contributed by atoms with van der Waals surface area (Å²) in [4.78, 5) is 23.1. The standard InChI is InChI=1S/C22H30N4O2/c1-5-26(6-2)14-16-11-12-20(28-16)22(27)25-19(13-15(3)4)21-23-17-9-7-8-10-18(17)24-21/h7-12,15,19H,5-6,13-14H2,1-4H3,(H,23,24)(H,25,27). The highest BCUT2D eigenvalue weighted by Crippen LogP contribution is 2.23. The van der Waals surface area contributed by atoms with E-state index in [0.717, 1.165) is 42.1 Å². The van der Waals surface area contributed by atoms with Crippen molar-refractivity contribution in [2.75, 3.05) is 13.1 Å². The van der Waals surface area contributed by atoms with E-state index in [1.807, 2.05) is 30.3 Å². The number of hydrogen-bond acceptors (Lipinski definition) is 4. The van der Waals surface area contributed by atoms with Crippen LogP contribution in [0.1, 0.15) is 62.3 Å². The van der Waals surface area contributed by atoms with Crippen LogP contribution in [-0.4, -0.2) is 33.9 Å². The maximum Gasteiger partial charge on any atom is 0.287 e. The minimum Gasteiger partial charge on any atom is -0.455 e. The van der Waals surface area contributed by atoms with Crippen molar-refractivity contribution in [1.29, 1.82) is 0 Å². The Kier molecular flexibility index (Phi) is 6.52. The number of benzene rings is 1. The van der Waals surface area contributed by atoms with Crippen molar-refractivity contribution in [2.45, 2.75) is 46.7 Å². The van der Waals surface area contributed by atoms with Crippen LogP contribution in [0.15, 0.2) is 40.8 Å². The highest BCUT2D eigenvalue weighted by molar-refractivity contribution is 5.91. The Morgan fingerprint density at radius 3 is 2.61 bits per heavy atom. The molecule has 0 saturated heterocycles. The van der Waals surface area contributed by atoms with Gasteiger partial charge in [0.15, 0.2) is 5.76 Å². The van der Waals surface area contributed by atoms with Gasteiger partial charge in [-0.3, -0.25) is 9.69 Å². The molecule has 0 spiro atoms. The topological polar surface area (TPSA) is 74.2 Å². The molecule has 1 aromatic carbocycles. The lowest BCUT2D eigenvalue weighted by atomic mass is 10.0. The third-order valence-corrected chi connectivity index (χ3v) is 4.91. The highest BCUT2D eigenvalue weighted by Gasteiger charge is 2.22. The van der Waals surface area contributed by atoms with E-state index in [1.54, 1.807) is 6.07 Å². The van der Waals surface area contributed by atoms with E-state index in [4.69, 9.17) is 4.42 Å². The highest BCUT2D eigenvalue weighted by atomic mass is 16.4. The number of furan rings is 1. The average Bonchev–Trinajstić information content (AvgIpc) is 3.32. The maximum absolute atomic E-state index is 12.8. The molecular weight excluding hydrogens is 352 g/mol. The predicted molar refractivity (Wildman–Crippen MR) is 111 cm³/mol. The molecule has 0 bridgehead atoms. The summed E-state index contributed by atoms with van der Waals surface area (Å²) >= 11 is 0. The van der Waals surface area contributed by atoms with Gasteiger partial charge in [0.1, 0.15) is 11.6 Å². The molecule has 0 radical (unpaired) electrons. The lowest BCUT2D eigenvalue weighted by molar-refractivity contribution is 0.0898. The number of fused-ring (bicyclic) bond motifs is 1. The first-order valence-electron chi connectivity index (χ1n) is 10.1. The van der Waals surface area contributed by atoms with Gasteiger partial charge in [-0.1, -0.05) is 39.8 Å².